The highest BCUT2D eigenvalue weighted by Gasteiger charge is 2.10. The van der Waals surface area contributed by atoms with Crippen LogP contribution in [0.4, 0.5) is 5.13 Å². The van der Waals surface area contributed by atoms with Gasteiger partial charge in [0.2, 0.25) is 5.13 Å². The van der Waals surface area contributed by atoms with Crippen LogP contribution in [0.1, 0.15) is 17.5 Å². The average molecular weight is 302 g/mol. The first kappa shape index (κ1) is 13.2. The molecule has 0 spiro atoms. The molecule has 0 aliphatic rings. The van der Waals surface area contributed by atoms with Gasteiger partial charge in [0, 0.05) is 19.2 Å². The molecule has 6 heteroatoms. The Morgan fingerprint density at radius 2 is 1.95 bits per heavy atom. The molecule has 2 aromatic heterocycles. The maximum absolute atomic E-state index is 4.48. The summed E-state index contributed by atoms with van der Waals surface area (Å²) in [6, 6.07) is 10.4. The highest BCUT2D eigenvalue weighted by molar-refractivity contribution is 7.23. The van der Waals surface area contributed by atoms with Crippen LogP contribution < -0.4 is 5.32 Å². The lowest BCUT2D eigenvalue weighted by Crippen LogP contribution is -1.94. The largest absolute Gasteiger partial charge is 0.360 e. The average Bonchev–Trinajstić information content (AvgIpc) is 3.10. The van der Waals surface area contributed by atoms with E-state index < -0.39 is 0 Å². The Bertz CT molecular complexity index is 675. The number of benzene rings is 1. The van der Waals surface area contributed by atoms with E-state index in [1.54, 1.807) is 22.7 Å². The summed E-state index contributed by atoms with van der Waals surface area (Å²) in [4.78, 5) is 5.56. The van der Waals surface area contributed by atoms with Crippen molar-refractivity contribution in [3.63, 3.8) is 0 Å². The molecule has 3 aromatic rings. The van der Waals surface area contributed by atoms with E-state index in [-0.39, 0.29) is 0 Å². The Balaban J connectivity index is 1.76. The van der Waals surface area contributed by atoms with Gasteiger partial charge in [-0.05, 0) is 12.5 Å². The predicted octanol–water partition coefficient (Wildman–Crippen LogP) is 3.68. The molecule has 4 nitrogen and oxygen atoms in total. The van der Waals surface area contributed by atoms with Crippen LogP contribution >= 0.6 is 22.7 Å². The SMILES string of the molecule is CCNc1nnc(-c2cnc(Cc3ccccc3)s2)s1. The van der Waals surface area contributed by atoms with Gasteiger partial charge >= 0.3 is 0 Å². The van der Waals surface area contributed by atoms with Crippen molar-refractivity contribution in [1.29, 1.82) is 0 Å². The van der Waals surface area contributed by atoms with Crippen LogP contribution in [0.25, 0.3) is 9.88 Å². The molecule has 0 amide bonds. The van der Waals surface area contributed by atoms with Gasteiger partial charge in [-0.25, -0.2) is 4.98 Å². The molecule has 1 N–H and O–H groups in total. The zero-order valence-corrected chi connectivity index (χ0v) is 12.7. The van der Waals surface area contributed by atoms with Crippen molar-refractivity contribution in [3.05, 3.63) is 47.1 Å². The fourth-order valence-electron chi connectivity index (χ4n) is 1.81. The second kappa shape index (κ2) is 6.11. The number of hydrogen-bond donors (Lipinski definition) is 1. The van der Waals surface area contributed by atoms with E-state index in [1.165, 1.54) is 5.56 Å². The molecule has 0 fully saturated rings. The number of hydrogen-bond acceptors (Lipinski definition) is 6. The van der Waals surface area contributed by atoms with Crippen LogP contribution in [-0.2, 0) is 6.42 Å². The van der Waals surface area contributed by atoms with Gasteiger partial charge in [0.1, 0.15) is 0 Å². The Hall–Kier alpha value is -1.79. The Morgan fingerprint density at radius 1 is 1.10 bits per heavy atom. The summed E-state index contributed by atoms with van der Waals surface area (Å²) in [5.74, 6) is 0. The van der Waals surface area contributed by atoms with Crippen LogP contribution in [0.3, 0.4) is 0 Å². The number of nitrogens with one attached hydrogen (secondary N) is 1. The molecular weight excluding hydrogens is 288 g/mol. The number of nitrogens with zero attached hydrogens (tertiary/aromatic N) is 3. The van der Waals surface area contributed by atoms with E-state index in [0.29, 0.717) is 0 Å². The highest BCUT2D eigenvalue weighted by Crippen LogP contribution is 2.31. The predicted molar refractivity (Wildman–Crippen MR) is 84.4 cm³/mol. The molecule has 3 rings (SSSR count). The first-order chi connectivity index (χ1) is 9.85. The number of aromatic nitrogens is 3. The minimum absolute atomic E-state index is 0.858. The van der Waals surface area contributed by atoms with Crippen LogP contribution in [0, 0.1) is 0 Å². The standard InChI is InChI=1S/C14H14N4S2/c1-2-15-14-18-17-13(20-14)11-9-16-12(19-11)8-10-6-4-3-5-7-10/h3-7,9H,2,8H2,1H3,(H,15,18). The monoisotopic (exact) mass is 302 g/mol. The van der Waals surface area contributed by atoms with E-state index >= 15 is 0 Å². The van der Waals surface area contributed by atoms with Gasteiger partial charge in [-0.1, -0.05) is 41.7 Å². The summed E-state index contributed by atoms with van der Waals surface area (Å²) in [5, 5.41) is 14.4. The summed E-state index contributed by atoms with van der Waals surface area (Å²) >= 11 is 3.25. The van der Waals surface area contributed by atoms with E-state index in [4.69, 9.17) is 0 Å². The number of thiazole rings is 1. The zero-order chi connectivity index (χ0) is 13.8. The first-order valence-electron chi connectivity index (χ1n) is 6.41. The van der Waals surface area contributed by atoms with Crippen molar-refractivity contribution < 1.29 is 0 Å². The quantitative estimate of drug-likeness (QED) is 0.781. The van der Waals surface area contributed by atoms with E-state index in [0.717, 1.165) is 33.0 Å². The van der Waals surface area contributed by atoms with E-state index in [9.17, 15) is 0 Å². The minimum atomic E-state index is 0.858. The first-order valence-corrected chi connectivity index (χ1v) is 8.05. The van der Waals surface area contributed by atoms with Crippen LogP contribution in [0.15, 0.2) is 36.5 Å². The van der Waals surface area contributed by atoms with Gasteiger partial charge in [0.15, 0.2) is 5.01 Å². The Kier molecular flexibility index (Phi) is 4.03. The van der Waals surface area contributed by atoms with Crippen LogP contribution in [0.2, 0.25) is 0 Å². The van der Waals surface area contributed by atoms with Gasteiger partial charge in [-0.2, -0.15) is 0 Å². The third-order valence-corrected chi connectivity index (χ3v) is 4.76. The molecule has 1 aromatic carbocycles. The summed E-state index contributed by atoms with van der Waals surface area (Å²) in [7, 11) is 0. The second-order valence-electron chi connectivity index (χ2n) is 4.22. The highest BCUT2D eigenvalue weighted by atomic mass is 32.1. The fourth-order valence-corrected chi connectivity index (χ4v) is 3.60. The Morgan fingerprint density at radius 3 is 2.75 bits per heavy atom. The van der Waals surface area contributed by atoms with Crippen LogP contribution in [-0.4, -0.2) is 21.7 Å². The van der Waals surface area contributed by atoms with Crippen molar-refractivity contribution in [2.75, 3.05) is 11.9 Å². The van der Waals surface area contributed by atoms with Crippen molar-refractivity contribution in [2.24, 2.45) is 0 Å². The van der Waals surface area contributed by atoms with E-state index in [1.807, 2.05) is 19.2 Å². The molecule has 0 bridgehead atoms. The maximum atomic E-state index is 4.48. The summed E-state index contributed by atoms with van der Waals surface area (Å²) in [6.45, 7) is 2.91. The zero-order valence-electron chi connectivity index (χ0n) is 11.0. The second-order valence-corrected chi connectivity index (χ2v) is 6.32. The van der Waals surface area contributed by atoms with Crippen molar-refractivity contribution in [2.45, 2.75) is 13.3 Å². The topological polar surface area (TPSA) is 50.7 Å². The number of rotatable bonds is 5. The van der Waals surface area contributed by atoms with Gasteiger partial charge in [-0.15, -0.1) is 21.5 Å². The van der Waals surface area contributed by atoms with Crippen molar-refractivity contribution in [1.82, 2.24) is 15.2 Å². The van der Waals surface area contributed by atoms with Crippen molar-refractivity contribution >= 4 is 27.8 Å². The Labute approximate surface area is 125 Å². The summed E-state index contributed by atoms with van der Waals surface area (Å²) < 4.78 is 0. The molecule has 0 aliphatic heterocycles. The van der Waals surface area contributed by atoms with Gasteiger partial charge in [0.05, 0.1) is 9.88 Å². The lowest BCUT2D eigenvalue weighted by atomic mass is 10.2. The molecule has 0 radical (unpaired) electrons. The molecule has 0 saturated carbocycles. The smallest absolute Gasteiger partial charge is 0.206 e. The van der Waals surface area contributed by atoms with Gasteiger partial charge < -0.3 is 5.32 Å². The maximum Gasteiger partial charge on any atom is 0.206 e. The lowest BCUT2D eigenvalue weighted by Gasteiger charge is -1.95. The molecule has 0 saturated heterocycles. The fraction of sp³-hybridized carbons (Fsp3) is 0.214. The third-order valence-electron chi connectivity index (χ3n) is 2.72. The van der Waals surface area contributed by atoms with Gasteiger partial charge in [-0.3, -0.25) is 0 Å². The molecule has 0 aliphatic carbocycles. The third kappa shape index (κ3) is 3.02. The van der Waals surface area contributed by atoms with Crippen molar-refractivity contribution in [3.8, 4) is 9.88 Å². The van der Waals surface area contributed by atoms with E-state index in [2.05, 4.69) is 44.8 Å². The van der Waals surface area contributed by atoms with Gasteiger partial charge in [0.25, 0.3) is 0 Å². The molecule has 0 atom stereocenters. The molecular formula is C14H14N4S2. The summed E-state index contributed by atoms with van der Waals surface area (Å²) in [5.41, 5.74) is 1.28. The molecule has 102 valence electrons. The number of anilines is 1. The molecule has 2 heterocycles. The molecule has 20 heavy (non-hydrogen) atoms. The molecule has 0 unspecified atom stereocenters. The van der Waals surface area contributed by atoms with Crippen LogP contribution in [0.5, 0.6) is 0 Å². The minimum Gasteiger partial charge on any atom is -0.360 e. The summed E-state index contributed by atoms with van der Waals surface area (Å²) in [6.07, 6.45) is 2.75. The normalized spacial score (nSPS) is 10.7. The lowest BCUT2D eigenvalue weighted by molar-refractivity contribution is 1.07.